The average molecular weight is 383 g/mol. The minimum absolute atomic E-state index is 1.14. The lowest BCUT2D eigenvalue weighted by molar-refractivity contribution is -0.698. The van der Waals surface area contributed by atoms with Gasteiger partial charge in [-0.15, -0.1) is 0 Å². The van der Waals surface area contributed by atoms with Crippen molar-refractivity contribution >= 4 is 0 Å². The summed E-state index contributed by atoms with van der Waals surface area (Å²) in [5.41, 5.74) is 5.48. The molecule has 0 N–H and O–H groups in total. The highest BCUT2D eigenvalue weighted by Crippen LogP contribution is 2.24. The summed E-state index contributed by atoms with van der Waals surface area (Å²) in [5.74, 6) is 0. The second-order valence-corrected chi connectivity index (χ2v) is 8.39. The lowest BCUT2D eigenvalue weighted by Gasteiger charge is -2.08. The van der Waals surface area contributed by atoms with E-state index in [1.54, 1.807) is 0 Å². The predicted octanol–water partition coefficient (Wildman–Crippen LogP) is 6.49. The number of rotatable bonds is 13. The van der Waals surface area contributed by atoms with Crippen LogP contribution in [0.4, 0.5) is 0 Å². The van der Waals surface area contributed by atoms with Crippen molar-refractivity contribution in [1.82, 2.24) is 0 Å². The van der Waals surface area contributed by atoms with Crippen molar-refractivity contribution < 1.29 is 9.13 Å². The molecule has 2 heteroatoms. The van der Waals surface area contributed by atoms with Gasteiger partial charge in [0, 0.05) is 36.1 Å². The molecular weight excluding hydrogens is 340 g/mol. The lowest BCUT2D eigenvalue weighted by atomic mass is 9.99. The third-order valence-electron chi connectivity index (χ3n) is 5.76. The van der Waals surface area contributed by atoms with Crippen LogP contribution in [-0.2, 0) is 13.1 Å². The van der Waals surface area contributed by atoms with Crippen molar-refractivity contribution in [3.05, 3.63) is 48.0 Å². The van der Waals surface area contributed by atoms with E-state index in [0.717, 1.165) is 13.1 Å². The summed E-state index contributed by atoms with van der Waals surface area (Å²) in [7, 11) is 0. The first-order valence-corrected chi connectivity index (χ1v) is 11.7. The fraction of sp³-hybridized carbons (Fsp3) is 0.615. The van der Waals surface area contributed by atoms with Crippen molar-refractivity contribution in [3.63, 3.8) is 0 Å². The fourth-order valence-electron chi connectivity index (χ4n) is 4.00. The smallest absolute Gasteiger partial charge is 0.172 e. The Kier molecular flexibility index (Phi) is 10.2. The Balaban J connectivity index is 1.94. The van der Waals surface area contributed by atoms with Crippen LogP contribution in [0, 0.1) is 13.8 Å². The molecule has 0 aromatic carbocycles. The van der Waals surface area contributed by atoms with Gasteiger partial charge in [-0.05, 0) is 37.8 Å². The minimum Gasteiger partial charge on any atom is -0.205 e. The summed E-state index contributed by atoms with van der Waals surface area (Å²) in [6.45, 7) is 11.3. The summed E-state index contributed by atoms with van der Waals surface area (Å²) in [6.07, 6.45) is 22.5. The van der Waals surface area contributed by atoms with Gasteiger partial charge in [-0.3, -0.25) is 0 Å². The number of hydrogen-bond donors (Lipinski definition) is 0. The third kappa shape index (κ3) is 7.37. The molecule has 0 unspecified atom stereocenters. The number of aromatic nitrogens is 2. The molecule has 0 saturated carbocycles. The van der Waals surface area contributed by atoms with Gasteiger partial charge in [0.1, 0.15) is 13.1 Å². The topological polar surface area (TPSA) is 7.76 Å². The van der Waals surface area contributed by atoms with E-state index in [0.29, 0.717) is 0 Å². The van der Waals surface area contributed by atoms with Crippen molar-refractivity contribution in [1.29, 1.82) is 0 Å². The Labute approximate surface area is 173 Å². The Bertz CT molecular complexity index is 644. The first kappa shape index (κ1) is 22.6. The van der Waals surface area contributed by atoms with Crippen LogP contribution in [0.15, 0.2) is 36.9 Å². The molecule has 0 atom stereocenters. The highest BCUT2D eigenvalue weighted by atomic mass is 14.9. The molecule has 2 aromatic rings. The first-order valence-electron chi connectivity index (χ1n) is 11.7. The van der Waals surface area contributed by atoms with Gasteiger partial charge in [-0.1, -0.05) is 52.4 Å². The van der Waals surface area contributed by atoms with E-state index in [1.807, 2.05) is 0 Å². The number of nitrogens with zero attached hydrogens (tertiary/aromatic N) is 2. The molecule has 0 aliphatic heterocycles. The van der Waals surface area contributed by atoms with Crippen LogP contribution in [0.2, 0.25) is 0 Å². The molecule has 154 valence electrons. The maximum Gasteiger partial charge on any atom is 0.172 e. The van der Waals surface area contributed by atoms with Gasteiger partial charge in [-0.25, -0.2) is 9.13 Å². The van der Waals surface area contributed by atoms with Gasteiger partial charge >= 0.3 is 0 Å². The van der Waals surface area contributed by atoms with Crippen LogP contribution >= 0.6 is 0 Å². The predicted molar refractivity (Wildman–Crippen MR) is 119 cm³/mol. The zero-order chi connectivity index (χ0) is 20.2. The molecule has 0 aliphatic rings. The lowest BCUT2D eigenvalue weighted by Crippen LogP contribution is -2.34. The summed E-state index contributed by atoms with van der Waals surface area (Å²) >= 11 is 0. The highest BCUT2D eigenvalue weighted by molar-refractivity contribution is 5.68. The molecule has 2 nitrogen and oxygen atoms in total. The summed E-state index contributed by atoms with van der Waals surface area (Å²) in [5, 5.41) is 0. The van der Waals surface area contributed by atoms with Crippen LogP contribution < -0.4 is 9.13 Å². The van der Waals surface area contributed by atoms with Crippen LogP contribution in [-0.4, -0.2) is 0 Å². The van der Waals surface area contributed by atoms with Crippen LogP contribution in [0.5, 0.6) is 0 Å². The molecular formula is C26H42N2+2. The van der Waals surface area contributed by atoms with Crippen LogP contribution in [0.3, 0.4) is 0 Å². The van der Waals surface area contributed by atoms with Gasteiger partial charge in [0.25, 0.3) is 0 Å². The number of aryl methyl sites for hydroxylation is 4. The summed E-state index contributed by atoms with van der Waals surface area (Å²) in [6, 6.07) is 4.61. The summed E-state index contributed by atoms with van der Waals surface area (Å²) < 4.78 is 4.72. The quantitative estimate of drug-likeness (QED) is 0.276. The van der Waals surface area contributed by atoms with E-state index in [4.69, 9.17) is 0 Å². The largest absolute Gasteiger partial charge is 0.205 e. The molecule has 0 spiro atoms. The molecule has 0 amide bonds. The van der Waals surface area contributed by atoms with Gasteiger partial charge in [0.05, 0.1) is 0 Å². The molecule has 2 aromatic heterocycles. The van der Waals surface area contributed by atoms with Crippen LogP contribution in [0.1, 0.15) is 89.2 Å². The molecule has 0 bridgehead atoms. The maximum atomic E-state index is 2.36. The summed E-state index contributed by atoms with van der Waals surface area (Å²) in [4.78, 5) is 0. The average Bonchev–Trinajstić information content (AvgIpc) is 2.68. The molecule has 0 aliphatic carbocycles. The minimum atomic E-state index is 1.14. The highest BCUT2D eigenvalue weighted by Gasteiger charge is 2.13. The van der Waals surface area contributed by atoms with Crippen molar-refractivity contribution in [2.45, 2.75) is 105 Å². The molecule has 0 saturated heterocycles. The number of hydrogen-bond acceptors (Lipinski definition) is 0. The number of pyridine rings is 2. The van der Waals surface area contributed by atoms with Crippen molar-refractivity contribution in [2.75, 3.05) is 0 Å². The molecule has 2 heterocycles. The molecule has 2 rings (SSSR count). The fourth-order valence-corrected chi connectivity index (χ4v) is 4.00. The van der Waals surface area contributed by atoms with E-state index in [9.17, 15) is 0 Å². The molecule has 0 radical (unpaired) electrons. The van der Waals surface area contributed by atoms with E-state index >= 15 is 0 Å². The second-order valence-electron chi connectivity index (χ2n) is 8.39. The van der Waals surface area contributed by atoms with E-state index < -0.39 is 0 Å². The SMILES string of the molecule is CCCCCCC[n+]1ccc(-c2cc[n+](CCCCCCC)cc2C)c(C)c1. The Morgan fingerprint density at radius 2 is 0.964 bits per heavy atom. The Morgan fingerprint density at radius 3 is 1.32 bits per heavy atom. The monoisotopic (exact) mass is 382 g/mol. The van der Waals surface area contributed by atoms with Gasteiger partial charge in [-0.2, -0.15) is 0 Å². The Morgan fingerprint density at radius 1 is 0.571 bits per heavy atom. The first-order chi connectivity index (χ1) is 13.7. The van der Waals surface area contributed by atoms with Crippen molar-refractivity contribution in [2.24, 2.45) is 0 Å². The second kappa shape index (κ2) is 12.7. The number of unbranched alkanes of at least 4 members (excludes halogenated alkanes) is 8. The van der Waals surface area contributed by atoms with Gasteiger partial charge < -0.3 is 0 Å². The third-order valence-corrected chi connectivity index (χ3v) is 5.76. The maximum absolute atomic E-state index is 2.36. The van der Waals surface area contributed by atoms with E-state index in [-0.39, 0.29) is 0 Å². The van der Waals surface area contributed by atoms with E-state index in [1.165, 1.54) is 86.5 Å². The zero-order valence-electron chi connectivity index (χ0n) is 18.8. The van der Waals surface area contributed by atoms with Gasteiger partial charge in [0.15, 0.2) is 24.8 Å². The van der Waals surface area contributed by atoms with Crippen LogP contribution in [0.25, 0.3) is 11.1 Å². The van der Waals surface area contributed by atoms with Crippen molar-refractivity contribution in [3.8, 4) is 11.1 Å². The standard InChI is InChI=1S/C26H42N2/c1-5-7-9-11-13-17-27-19-15-25(23(3)21-27)26-16-20-28(22-24(26)4)18-14-12-10-8-6-2/h15-16,19-22H,5-14,17-18H2,1-4H3/q+2. The molecule has 28 heavy (non-hydrogen) atoms. The van der Waals surface area contributed by atoms with E-state index in [2.05, 4.69) is 73.7 Å². The normalized spacial score (nSPS) is 11.1. The zero-order valence-corrected chi connectivity index (χ0v) is 18.8. The van der Waals surface area contributed by atoms with Gasteiger partial charge in [0.2, 0.25) is 0 Å². The molecule has 0 fully saturated rings. The Hall–Kier alpha value is -1.70.